The van der Waals surface area contributed by atoms with E-state index in [-0.39, 0.29) is 5.78 Å². The number of halogens is 3. The van der Waals surface area contributed by atoms with E-state index in [4.69, 9.17) is 34.8 Å². The standard InChI is InChI=1S/C11H7Cl3O/c12-6-4-8(13)11(9(14)5-6)7-2-1-3-10(7)15/h2,4-5H,1,3H2. The van der Waals surface area contributed by atoms with E-state index in [1.54, 1.807) is 12.1 Å². The van der Waals surface area contributed by atoms with Crippen molar-refractivity contribution >= 4 is 46.2 Å². The first kappa shape index (κ1) is 11.0. The summed E-state index contributed by atoms with van der Waals surface area (Å²) in [7, 11) is 0. The van der Waals surface area contributed by atoms with Crippen molar-refractivity contribution in [1.29, 1.82) is 0 Å². The largest absolute Gasteiger partial charge is 0.294 e. The highest BCUT2D eigenvalue weighted by atomic mass is 35.5. The molecule has 0 saturated carbocycles. The molecule has 0 bridgehead atoms. The van der Waals surface area contributed by atoms with Gasteiger partial charge in [-0.05, 0) is 18.6 Å². The lowest BCUT2D eigenvalue weighted by atomic mass is 10.0. The molecule has 1 aliphatic carbocycles. The van der Waals surface area contributed by atoms with Crippen LogP contribution in [0.4, 0.5) is 0 Å². The van der Waals surface area contributed by atoms with Crippen molar-refractivity contribution in [3.63, 3.8) is 0 Å². The summed E-state index contributed by atoms with van der Waals surface area (Å²) in [5, 5.41) is 1.32. The van der Waals surface area contributed by atoms with Gasteiger partial charge in [0.15, 0.2) is 5.78 Å². The Morgan fingerprint density at radius 1 is 1.07 bits per heavy atom. The summed E-state index contributed by atoms with van der Waals surface area (Å²) in [5.74, 6) is 0.0844. The van der Waals surface area contributed by atoms with Crippen LogP contribution in [0.5, 0.6) is 0 Å². The Hall–Kier alpha value is -0.500. The molecule has 1 aliphatic rings. The van der Waals surface area contributed by atoms with Crippen LogP contribution in [0, 0.1) is 0 Å². The van der Waals surface area contributed by atoms with Crippen LogP contribution in [0.15, 0.2) is 18.2 Å². The molecule has 0 saturated heterocycles. The predicted molar refractivity (Wildman–Crippen MR) is 63.7 cm³/mol. The Kier molecular flexibility index (Phi) is 3.06. The molecule has 4 heteroatoms. The zero-order valence-electron chi connectivity index (χ0n) is 7.69. The normalized spacial score (nSPS) is 15.7. The fraction of sp³-hybridized carbons (Fsp3) is 0.182. The second-order valence-corrected chi connectivity index (χ2v) is 4.57. The molecule has 0 N–H and O–H groups in total. The second kappa shape index (κ2) is 4.17. The molecule has 15 heavy (non-hydrogen) atoms. The van der Waals surface area contributed by atoms with E-state index in [2.05, 4.69) is 0 Å². The van der Waals surface area contributed by atoms with E-state index >= 15 is 0 Å². The lowest BCUT2D eigenvalue weighted by Crippen LogP contribution is -1.96. The van der Waals surface area contributed by atoms with Gasteiger partial charge >= 0.3 is 0 Å². The van der Waals surface area contributed by atoms with Crippen molar-refractivity contribution in [2.45, 2.75) is 12.8 Å². The van der Waals surface area contributed by atoms with Gasteiger partial charge in [0.1, 0.15) is 0 Å². The maximum absolute atomic E-state index is 11.5. The van der Waals surface area contributed by atoms with Crippen molar-refractivity contribution in [3.8, 4) is 0 Å². The maximum Gasteiger partial charge on any atom is 0.163 e. The van der Waals surface area contributed by atoms with Gasteiger partial charge in [-0.1, -0.05) is 40.9 Å². The van der Waals surface area contributed by atoms with E-state index in [0.717, 1.165) is 6.42 Å². The summed E-state index contributed by atoms with van der Waals surface area (Å²) in [6, 6.07) is 3.19. The van der Waals surface area contributed by atoms with Gasteiger partial charge in [-0.25, -0.2) is 0 Å². The molecule has 1 nitrogen and oxygen atoms in total. The zero-order valence-corrected chi connectivity index (χ0v) is 9.96. The summed E-state index contributed by atoms with van der Waals surface area (Å²) in [5.41, 5.74) is 1.21. The van der Waals surface area contributed by atoms with Gasteiger partial charge in [-0.2, -0.15) is 0 Å². The Balaban J connectivity index is 2.58. The average Bonchev–Trinajstić information content (AvgIpc) is 2.50. The minimum absolute atomic E-state index is 0.0844. The van der Waals surface area contributed by atoms with E-state index in [1.165, 1.54) is 0 Å². The monoisotopic (exact) mass is 260 g/mol. The van der Waals surface area contributed by atoms with Crippen molar-refractivity contribution in [2.75, 3.05) is 0 Å². The van der Waals surface area contributed by atoms with E-state index < -0.39 is 0 Å². The van der Waals surface area contributed by atoms with Crippen molar-refractivity contribution in [1.82, 2.24) is 0 Å². The Morgan fingerprint density at radius 2 is 1.67 bits per heavy atom. The van der Waals surface area contributed by atoms with Gasteiger partial charge in [0.2, 0.25) is 0 Å². The molecule has 0 unspecified atom stereocenters. The van der Waals surface area contributed by atoms with Crippen LogP contribution >= 0.6 is 34.8 Å². The summed E-state index contributed by atoms with van der Waals surface area (Å²) in [4.78, 5) is 11.5. The predicted octanol–water partition coefficient (Wildman–Crippen LogP) is 4.39. The molecule has 2 rings (SSSR count). The fourth-order valence-electron chi connectivity index (χ4n) is 1.64. The molecule has 0 fully saturated rings. The van der Waals surface area contributed by atoms with Crippen LogP contribution in [0.3, 0.4) is 0 Å². The highest BCUT2D eigenvalue weighted by Crippen LogP contribution is 2.37. The Bertz CT molecular complexity index is 440. The van der Waals surface area contributed by atoms with Crippen LogP contribution in [-0.2, 0) is 4.79 Å². The second-order valence-electron chi connectivity index (χ2n) is 3.32. The number of ketones is 1. The number of benzene rings is 1. The van der Waals surface area contributed by atoms with Crippen molar-refractivity contribution < 1.29 is 4.79 Å². The van der Waals surface area contributed by atoms with Crippen LogP contribution < -0.4 is 0 Å². The minimum atomic E-state index is 0.0844. The highest BCUT2D eigenvalue weighted by molar-refractivity contribution is 6.43. The first-order valence-electron chi connectivity index (χ1n) is 4.48. The van der Waals surface area contributed by atoms with E-state index in [0.29, 0.717) is 32.6 Å². The van der Waals surface area contributed by atoms with Gasteiger partial charge in [0.05, 0.1) is 10.0 Å². The summed E-state index contributed by atoms with van der Waals surface area (Å²) in [6.07, 6.45) is 3.15. The average molecular weight is 262 g/mol. The van der Waals surface area contributed by atoms with Gasteiger partial charge in [0.25, 0.3) is 0 Å². The first-order valence-corrected chi connectivity index (χ1v) is 5.61. The number of allylic oxidation sites excluding steroid dienone is 2. The summed E-state index contributed by atoms with van der Waals surface area (Å²) < 4.78 is 0. The van der Waals surface area contributed by atoms with Gasteiger partial charge in [-0.15, -0.1) is 0 Å². The topological polar surface area (TPSA) is 17.1 Å². The lowest BCUT2D eigenvalue weighted by molar-refractivity contribution is -0.113. The van der Waals surface area contributed by atoms with Crippen LogP contribution in [0.25, 0.3) is 5.57 Å². The third kappa shape index (κ3) is 2.05. The zero-order chi connectivity index (χ0) is 11.0. The third-order valence-corrected chi connectivity index (χ3v) is 3.11. The molecule has 0 aliphatic heterocycles. The molecule has 1 aromatic rings. The number of hydrogen-bond donors (Lipinski definition) is 0. The molecular weight excluding hydrogens is 254 g/mol. The molecule has 1 aromatic carbocycles. The summed E-state index contributed by atoms with van der Waals surface area (Å²) in [6.45, 7) is 0. The number of hydrogen-bond acceptors (Lipinski definition) is 1. The molecule has 0 amide bonds. The highest BCUT2D eigenvalue weighted by Gasteiger charge is 2.21. The summed E-state index contributed by atoms with van der Waals surface area (Å²) >= 11 is 17.8. The van der Waals surface area contributed by atoms with Crippen LogP contribution in [0.1, 0.15) is 18.4 Å². The lowest BCUT2D eigenvalue weighted by Gasteiger charge is -2.07. The van der Waals surface area contributed by atoms with Gasteiger partial charge in [0, 0.05) is 22.6 Å². The van der Waals surface area contributed by atoms with Crippen LogP contribution in [0.2, 0.25) is 15.1 Å². The quantitative estimate of drug-likeness (QED) is 0.732. The first-order chi connectivity index (χ1) is 7.09. The van der Waals surface area contributed by atoms with Crippen molar-refractivity contribution in [3.05, 3.63) is 38.8 Å². The molecule has 0 atom stereocenters. The minimum Gasteiger partial charge on any atom is -0.294 e. The maximum atomic E-state index is 11.5. The molecule has 0 radical (unpaired) electrons. The molecular formula is C11H7Cl3O. The van der Waals surface area contributed by atoms with Gasteiger partial charge < -0.3 is 0 Å². The van der Waals surface area contributed by atoms with E-state index in [1.807, 2.05) is 6.08 Å². The molecule has 0 aromatic heterocycles. The Labute approximate surface area is 103 Å². The smallest absolute Gasteiger partial charge is 0.163 e. The number of carbonyl (C=O) groups is 1. The van der Waals surface area contributed by atoms with Crippen molar-refractivity contribution in [2.24, 2.45) is 0 Å². The number of rotatable bonds is 1. The Morgan fingerprint density at radius 3 is 2.13 bits per heavy atom. The third-order valence-electron chi connectivity index (χ3n) is 2.30. The van der Waals surface area contributed by atoms with Crippen LogP contribution in [-0.4, -0.2) is 5.78 Å². The number of Topliss-reactive ketones (excluding diaryl/α,β-unsaturated/α-hetero) is 1. The van der Waals surface area contributed by atoms with E-state index in [9.17, 15) is 4.79 Å². The molecule has 78 valence electrons. The SMILES string of the molecule is O=C1CCC=C1c1c(Cl)cc(Cl)cc1Cl. The molecule has 0 heterocycles. The fourth-order valence-corrected chi connectivity index (χ4v) is 2.66. The molecule has 0 spiro atoms. The number of carbonyl (C=O) groups excluding carboxylic acids is 1. The van der Waals surface area contributed by atoms with Gasteiger partial charge in [-0.3, -0.25) is 4.79 Å².